The van der Waals surface area contributed by atoms with E-state index in [2.05, 4.69) is 22.3 Å². The number of benzene rings is 1. The molecule has 2 rings (SSSR count). The monoisotopic (exact) mass is 307 g/mol. The number of nitrogens with zero attached hydrogens (tertiary/aromatic N) is 1. The Morgan fingerprint density at radius 2 is 2.00 bits per heavy atom. The van der Waals surface area contributed by atoms with Crippen LogP contribution in [0.3, 0.4) is 0 Å². The number of hydrogen-bond acceptors (Lipinski definition) is 4. The van der Waals surface area contributed by atoms with E-state index in [4.69, 9.17) is 5.73 Å². The van der Waals surface area contributed by atoms with Crippen LogP contribution >= 0.6 is 11.8 Å². The number of rotatable bonds is 7. The highest BCUT2D eigenvalue weighted by Crippen LogP contribution is 2.15. The summed E-state index contributed by atoms with van der Waals surface area (Å²) in [5.74, 6) is 0.806. The Bertz CT molecular complexity index is 443. The minimum atomic E-state index is -0.429. The lowest BCUT2D eigenvalue weighted by molar-refractivity contribution is -0.117. The van der Waals surface area contributed by atoms with Crippen molar-refractivity contribution in [2.45, 2.75) is 31.8 Å². The summed E-state index contributed by atoms with van der Waals surface area (Å²) >= 11 is 1.71. The zero-order valence-corrected chi connectivity index (χ0v) is 13.5. The van der Waals surface area contributed by atoms with E-state index in [-0.39, 0.29) is 5.91 Å². The minimum absolute atomic E-state index is 0.101. The van der Waals surface area contributed by atoms with Crippen molar-refractivity contribution in [1.29, 1.82) is 0 Å². The van der Waals surface area contributed by atoms with Crippen molar-refractivity contribution >= 4 is 23.4 Å². The third-order valence-corrected chi connectivity index (χ3v) is 4.44. The Balaban J connectivity index is 1.82. The standard InChI is InChI=1S/C16H25N3OS/c1-21-11-8-15(17)16(20)18-14-6-4-13(5-7-14)12-19-9-2-3-10-19/h4-7,15H,2-3,8-12,17H2,1H3,(H,18,20)/t15-/m0/s1. The number of carbonyl (C=O) groups excluding carboxylic acids is 1. The van der Waals surface area contributed by atoms with Gasteiger partial charge in [0.15, 0.2) is 0 Å². The molecule has 1 aliphatic rings. The van der Waals surface area contributed by atoms with Crippen LogP contribution in [-0.4, -0.2) is 41.9 Å². The molecule has 0 radical (unpaired) electrons. The number of likely N-dealkylation sites (tertiary alicyclic amines) is 1. The number of anilines is 1. The Hall–Kier alpha value is -1.04. The predicted octanol–water partition coefficient (Wildman–Crippen LogP) is 2.30. The molecule has 3 N–H and O–H groups in total. The minimum Gasteiger partial charge on any atom is -0.325 e. The van der Waals surface area contributed by atoms with Gasteiger partial charge in [0.2, 0.25) is 5.91 Å². The van der Waals surface area contributed by atoms with Gasteiger partial charge in [0, 0.05) is 12.2 Å². The second-order valence-corrected chi connectivity index (χ2v) is 6.54. The summed E-state index contributed by atoms with van der Waals surface area (Å²) in [5.41, 5.74) is 7.97. The SMILES string of the molecule is CSCC[C@H](N)C(=O)Nc1ccc(CN2CCCC2)cc1. The zero-order chi connectivity index (χ0) is 15.1. The average molecular weight is 307 g/mol. The Morgan fingerprint density at radius 3 is 2.62 bits per heavy atom. The summed E-state index contributed by atoms with van der Waals surface area (Å²) in [6.45, 7) is 3.40. The molecule has 1 heterocycles. The van der Waals surface area contributed by atoms with E-state index in [0.717, 1.165) is 18.0 Å². The zero-order valence-electron chi connectivity index (χ0n) is 12.7. The van der Waals surface area contributed by atoms with Gasteiger partial charge in [-0.25, -0.2) is 0 Å². The molecule has 0 unspecified atom stereocenters. The van der Waals surface area contributed by atoms with Crippen LogP contribution in [0.5, 0.6) is 0 Å². The maximum absolute atomic E-state index is 11.9. The highest BCUT2D eigenvalue weighted by atomic mass is 32.2. The largest absolute Gasteiger partial charge is 0.325 e. The fourth-order valence-corrected chi connectivity index (χ4v) is 2.99. The molecule has 1 aromatic rings. The highest BCUT2D eigenvalue weighted by molar-refractivity contribution is 7.98. The summed E-state index contributed by atoms with van der Waals surface area (Å²) < 4.78 is 0. The summed E-state index contributed by atoms with van der Waals surface area (Å²) in [6, 6.07) is 7.67. The van der Waals surface area contributed by atoms with E-state index in [1.54, 1.807) is 11.8 Å². The lowest BCUT2D eigenvalue weighted by Crippen LogP contribution is -2.36. The van der Waals surface area contributed by atoms with E-state index in [9.17, 15) is 4.79 Å². The number of hydrogen-bond donors (Lipinski definition) is 2. The first-order valence-corrected chi connectivity index (χ1v) is 8.95. The van der Waals surface area contributed by atoms with E-state index in [0.29, 0.717) is 6.42 Å². The van der Waals surface area contributed by atoms with E-state index in [1.165, 1.54) is 31.5 Å². The van der Waals surface area contributed by atoms with Crippen LogP contribution in [0.1, 0.15) is 24.8 Å². The van der Waals surface area contributed by atoms with Crippen molar-refractivity contribution in [2.75, 3.05) is 30.4 Å². The quantitative estimate of drug-likeness (QED) is 0.811. The summed E-state index contributed by atoms with van der Waals surface area (Å²) in [7, 11) is 0. The molecule has 1 aliphatic heterocycles. The van der Waals surface area contributed by atoms with Gasteiger partial charge in [-0.2, -0.15) is 11.8 Å². The van der Waals surface area contributed by atoms with Crippen LogP contribution in [0.4, 0.5) is 5.69 Å². The predicted molar refractivity (Wildman–Crippen MR) is 90.6 cm³/mol. The number of amides is 1. The van der Waals surface area contributed by atoms with Gasteiger partial charge in [0.1, 0.15) is 0 Å². The molecule has 0 aliphatic carbocycles. The van der Waals surface area contributed by atoms with Gasteiger partial charge >= 0.3 is 0 Å². The van der Waals surface area contributed by atoms with Gasteiger partial charge in [0.25, 0.3) is 0 Å². The molecule has 1 amide bonds. The van der Waals surface area contributed by atoms with Crippen molar-refractivity contribution in [3.8, 4) is 0 Å². The molecule has 0 saturated carbocycles. The van der Waals surface area contributed by atoms with Crippen LogP contribution in [0, 0.1) is 0 Å². The van der Waals surface area contributed by atoms with Crippen LogP contribution in [0.15, 0.2) is 24.3 Å². The van der Waals surface area contributed by atoms with Crippen LogP contribution in [-0.2, 0) is 11.3 Å². The second kappa shape index (κ2) is 8.41. The molecule has 1 saturated heterocycles. The Morgan fingerprint density at radius 1 is 1.33 bits per heavy atom. The molecule has 21 heavy (non-hydrogen) atoms. The van der Waals surface area contributed by atoms with Crippen molar-refractivity contribution in [2.24, 2.45) is 5.73 Å². The Kier molecular flexibility index (Phi) is 6.54. The molecule has 1 atom stereocenters. The van der Waals surface area contributed by atoms with Crippen LogP contribution < -0.4 is 11.1 Å². The topological polar surface area (TPSA) is 58.4 Å². The first kappa shape index (κ1) is 16.3. The van der Waals surface area contributed by atoms with Crippen LogP contribution in [0.25, 0.3) is 0 Å². The fraction of sp³-hybridized carbons (Fsp3) is 0.562. The maximum atomic E-state index is 11.9. The lowest BCUT2D eigenvalue weighted by Gasteiger charge is -2.15. The lowest BCUT2D eigenvalue weighted by atomic mass is 10.1. The van der Waals surface area contributed by atoms with Gasteiger partial charge in [-0.1, -0.05) is 12.1 Å². The molecule has 116 valence electrons. The van der Waals surface area contributed by atoms with Gasteiger partial charge < -0.3 is 11.1 Å². The normalized spacial score (nSPS) is 16.9. The first-order valence-electron chi connectivity index (χ1n) is 7.55. The first-order chi connectivity index (χ1) is 10.2. The van der Waals surface area contributed by atoms with E-state index < -0.39 is 6.04 Å². The van der Waals surface area contributed by atoms with Gasteiger partial charge in [-0.15, -0.1) is 0 Å². The summed E-state index contributed by atoms with van der Waals surface area (Å²) in [4.78, 5) is 14.4. The van der Waals surface area contributed by atoms with Gasteiger partial charge in [0.05, 0.1) is 6.04 Å². The average Bonchev–Trinajstić information content (AvgIpc) is 2.99. The molecule has 4 nitrogen and oxygen atoms in total. The fourth-order valence-electron chi connectivity index (χ4n) is 2.50. The second-order valence-electron chi connectivity index (χ2n) is 5.56. The highest BCUT2D eigenvalue weighted by Gasteiger charge is 2.14. The molecule has 0 bridgehead atoms. The number of carbonyl (C=O) groups is 1. The molecule has 0 spiro atoms. The van der Waals surface area contributed by atoms with Crippen molar-refractivity contribution < 1.29 is 4.79 Å². The molecule has 1 fully saturated rings. The number of nitrogens with one attached hydrogen (secondary N) is 1. The van der Waals surface area contributed by atoms with E-state index in [1.807, 2.05) is 18.4 Å². The number of nitrogens with two attached hydrogens (primary N) is 1. The third-order valence-electron chi connectivity index (χ3n) is 3.80. The summed E-state index contributed by atoms with van der Waals surface area (Å²) in [5, 5.41) is 2.88. The van der Waals surface area contributed by atoms with Crippen molar-refractivity contribution in [3.63, 3.8) is 0 Å². The maximum Gasteiger partial charge on any atom is 0.241 e. The smallest absolute Gasteiger partial charge is 0.241 e. The molecular weight excluding hydrogens is 282 g/mol. The Labute approximate surface area is 131 Å². The van der Waals surface area contributed by atoms with E-state index >= 15 is 0 Å². The molecule has 0 aromatic heterocycles. The van der Waals surface area contributed by atoms with Crippen LogP contribution in [0.2, 0.25) is 0 Å². The van der Waals surface area contributed by atoms with Gasteiger partial charge in [-0.05, 0) is 62.1 Å². The van der Waals surface area contributed by atoms with Crippen molar-refractivity contribution in [1.82, 2.24) is 4.90 Å². The third kappa shape index (κ3) is 5.34. The molecule has 5 heteroatoms. The molecular formula is C16H25N3OS. The number of thioether (sulfide) groups is 1. The van der Waals surface area contributed by atoms with Crippen molar-refractivity contribution in [3.05, 3.63) is 29.8 Å². The molecule has 1 aromatic carbocycles. The summed E-state index contributed by atoms with van der Waals surface area (Å²) in [6.07, 6.45) is 5.34. The van der Waals surface area contributed by atoms with Gasteiger partial charge in [-0.3, -0.25) is 9.69 Å².